The summed E-state index contributed by atoms with van der Waals surface area (Å²) >= 11 is 0. The summed E-state index contributed by atoms with van der Waals surface area (Å²) in [6.45, 7) is 13.3. The average molecular weight is 267 g/mol. The molecule has 2 rings (SSSR count). The van der Waals surface area contributed by atoms with Crippen LogP contribution in [0, 0.1) is 0 Å². The quantitative estimate of drug-likeness (QED) is 0.825. The number of nitrogens with zero attached hydrogens (tertiary/aromatic N) is 2. The van der Waals surface area contributed by atoms with Crippen LogP contribution < -0.4 is 5.32 Å². The molecule has 0 aromatic rings. The van der Waals surface area contributed by atoms with E-state index in [4.69, 9.17) is 0 Å². The van der Waals surface area contributed by atoms with Gasteiger partial charge in [0.2, 0.25) is 0 Å². The van der Waals surface area contributed by atoms with E-state index in [1.54, 1.807) is 0 Å². The molecule has 2 fully saturated rings. The molecule has 1 N–H and O–H groups in total. The van der Waals surface area contributed by atoms with Crippen LogP contribution >= 0.6 is 0 Å². The zero-order valence-electron chi connectivity index (χ0n) is 13.2. The maximum Gasteiger partial charge on any atom is 0.0224 e. The van der Waals surface area contributed by atoms with Gasteiger partial charge in [-0.05, 0) is 72.1 Å². The van der Waals surface area contributed by atoms with Gasteiger partial charge in [-0.2, -0.15) is 0 Å². The SMILES string of the molecule is CCCN(C1CCN(C(C)C)CC1)C1CCCNC1. The Morgan fingerprint density at radius 1 is 1.16 bits per heavy atom. The van der Waals surface area contributed by atoms with E-state index < -0.39 is 0 Å². The fourth-order valence-corrected chi connectivity index (χ4v) is 3.77. The first-order valence-corrected chi connectivity index (χ1v) is 8.43. The van der Waals surface area contributed by atoms with E-state index in [-0.39, 0.29) is 0 Å². The van der Waals surface area contributed by atoms with Gasteiger partial charge in [0.05, 0.1) is 0 Å². The standard InChI is InChI=1S/C16H33N3/c1-4-10-19(16-6-5-9-17-13-16)15-7-11-18(12-8-15)14(2)3/h14-17H,4-13H2,1-3H3. The van der Waals surface area contributed by atoms with E-state index in [0.29, 0.717) is 0 Å². The number of hydrogen-bond acceptors (Lipinski definition) is 3. The maximum atomic E-state index is 3.59. The molecule has 0 amide bonds. The van der Waals surface area contributed by atoms with Crippen molar-refractivity contribution in [2.75, 3.05) is 32.7 Å². The highest BCUT2D eigenvalue weighted by atomic mass is 15.2. The molecule has 0 bridgehead atoms. The first kappa shape index (κ1) is 15.3. The van der Waals surface area contributed by atoms with Gasteiger partial charge in [-0.1, -0.05) is 6.92 Å². The van der Waals surface area contributed by atoms with Crippen molar-refractivity contribution >= 4 is 0 Å². The highest BCUT2D eigenvalue weighted by Gasteiger charge is 2.30. The molecular formula is C16H33N3. The summed E-state index contributed by atoms with van der Waals surface area (Å²) in [7, 11) is 0. The normalized spacial score (nSPS) is 27.3. The Morgan fingerprint density at radius 2 is 1.89 bits per heavy atom. The number of hydrogen-bond donors (Lipinski definition) is 1. The fraction of sp³-hybridized carbons (Fsp3) is 1.00. The summed E-state index contributed by atoms with van der Waals surface area (Å²) in [5.74, 6) is 0. The predicted octanol–water partition coefficient (Wildman–Crippen LogP) is 2.32. The summed E-state index contributed by atoms with van der Waals surface area (Å²) in [6.07, 6.45) is 6.79. The van der Waals surface area contributed by atoms with Gasteiger partial charge in [-0.25, -0.2) is 0 Å². The predicted molar refractivity (Wildman–Crippen MR) is 82.6 cm³/mol. The summed E-state index contributed by atoms with van der Waals surface area (Å²) in [5.41, 5.74) is 0. The number of nitrogens with one attached hydrogen (secondary N) is 1. The number of likely N-dealkylation sites (tertiary alicyclic amines) is 1. The second-order valence-electron chi connectivity index (χ2n) is 6.60. The smallest absolute Gasteiger partial charge is 0.0224 e. The van der Waals surface area contributed by atoms with Crippen molar-refractivity contribution in [1.29, 1.82) is 0 Å². The van der Waals surface area contributed by atoms with Gasteiger partial charge in [0, 0.05) is 24.7 Å². The zero-order valence-corrected chi connectivity index (χ0v) is 13.2. The molecule has 19 heavy (non-hydrogen) atoms. The van der Waals surface area contributed by atoms with E-state index in [1.807, 2.05) is 0 Å². The van der Waals surface area contributed by atoms with Gasteiger partial charge in [-0.15, -0.1) is 0 Å². The van der Waals surface area contributed by atoms with Crippen molar-refractivity contribution in [2.45, 2.75) is 71.0 Å². The van der Waals surface area contributed by atoms with Crippen LogP contribution in [0.2, 0.25) is 0 Å². The molecule has 0 aliphatic carbocycles. The second kappa shape index (κ2) is 7.61. The van der Waals surface area contributed by atoms with Crippen molar-refractivity contribution in [3.8, 4) is 0 Å². The molecule has 3 nitrogen and oxygen atoms in total. The summed E-state index contributed by atoms with van der Waals surface area (Å²) < 4.78 is 0. The van der Waals surface area contributed by atoms with Crippen LogP contribution in [-0.4, -0.2) is 60.6 Å². The molecule has 0 aromatic carbocycles. The molecule has 0 saturated carbocycles. The minimum atomic E-state index is 0.719. The van der Waals surface area contributed by atoms with Crippen molar-refractivity contribution in [2.24, 2.45) is 0 Å². The van der Waals surface area contributed by atoms with Crippen LogP contribution in [0.3, 0.4) is 0 Å². The Bertz CT molecular complexity index is 240. The Morgan fingerprint density at radius 3 is 2.42 bits per heavy atom. The fourth-order valence-electron chi connectivity index (χ4n) is 3.77. The van der Waals surface area contributed by atoms with Crippen molar-refractivity contribution < 1.29 is 0 Å². The molecule has 0 aromatic heterocycles. The van der Waals surface area contributed by atoms with Gasteiger partial charge in [0.1, 0.15) is 0 Å². The molecule has 112 valence electrons. The van der Waals surface area contributed by atoms with Gasteiger partial charge < -0.3 is 10.2 Å². The Hall–Kier alpha value is -0.120. The molecule has 1 atom stereocenters. The lowest BCUT2D eigenvalue weighted by atomic mass is 9.97. The molecule has 2 aliphatic heterocycles. The third-order valence-electron chi connectivity index (χ3n) is 4.92. The van der Waals surface area contributed by atoms with Crippen LogP contribution in [0.5, 0.6) is 0 Å². The summed E-state index contributed by atoms with van der Waals surface area (Å²) in [4.78, 5) is 5.48. The van der Waals surface area contributed by atoms with Gasteiger partial charge >= 0.3 is 0 Å². The summed E-state index contributed by atoms with van der Waals surface area (Å²) in [6, 6.07) is 2.35. The van der Waals surface area contributed by atoms with Crippen LogP contribution in [-0.2, 0) is 0 Å². The van der Waals surface area contributed by atoms with Crippen molar-refractivity contribution in [3.05, 3.63) is 0 Å². The lowest BCUT2D eigenvalue weighted by molar-refractivity contribution is 0.0536. The van der Waals surface area contributed by atoms with E-state index >= 15 is 0 Å². The van der Waals surface area contributed by atoms with Crippen LogP contribution in [0.15, 0.2) is 0 Å². The average Bonchev–Trinajstić information content (AvgIpc) is 2.46. The topological polar surface area (TPSA) is 18.5 Å². The monoisotopic (exact) mass is 267 g/mol. The Kier molecular flexibility index (Phi) is 6.11. The maximum absolute atomic E-state index is 3.59. The van der Waals surface area contributed by atoms with Gasteiger partial charge in [0.25, 0.3) is 0 Å². The van der Waals surface area contributed by atoms with E-state index in [9.17, 15) is 0 Å². The van der Waals surface area contributed by atoms with Gasteiger partial charge in [0.15, 0.2) is 0 Å². The lowest BCUT2D eigenvalue weighted by Crippen LogP contribution is -2.54. The molecule has 2 heterocycles. The minimum Gasteiger partial charge on any atom is -0.315 e. The van der Waals surface area contributed by atoms with E-state index in [0.717, 1.165) is 18.1 Å². The molecular weight excluding hydrogens is 234 g/mol. The molecule has 2 saturated heterocycles. The molecule has 0 spiro atoms. The molecule has 3 heteroatoms. The summed E-state index contributed by atoms with van der Waals surface area (Å²) in [5, 5.41) is 3.59. The van der Waals surface area contributed by atoms with E-state index in [1.165, 1.54) is 64.8 Å². The third kappa shape index (κ3) is 4.17. The number of piperidine rings is 2. The second-order valence-corrected chi connectivity index (χ2v) is 6.60. The molecule has 2 aliphatic rings. The Labute approximate surface area is 119 Å². The highest BCUT2D eigenvalue weighted by Crippen LogP contribution is 2.23. The molecule has 0 radical (unpaired) electrons. The van der Waals surface area contributed by atoms with Crippen molar-refractivity contribution in [1.82, 2.24) is 15.1 Å². The largest absolute Gasteiger partial charge is 0.315 e. The van der Waals surface area contributed by atoms with Crippen LogP contribution in [0.4, 0.5) is 0 Å². The first-order valence-electron chi connectivity index (χ1n) is 8.43. The van der Waals surface area contributed by atoms with Crippen LogP contribution in [0.1, 0.15) is 52.9 Å². The Balaban J connectivity index is 1.88. The van der Waals surface area contributed by atoms with E-state index in [2.05, 4.69) is 35.9 Å². The van der Waals surface area contributed by atoms with Crippen LogP contribution in [0.25, 0.3) is 0 Å². The van der Waals surface area contributed by atoms with Gasteiger partial charge in [-0.3, -0.25) is 4.90 Å². The zero-order chi connectivity index (χ0) is 13.7. The first-order chi connectivity index (χ1) is 9.22. The number of rotatable bonds is 5. The third-order valence-corrected chi connectivity index (χ3v) is 4.92. The molecule has 1 unspecified atom stereocenters. The lowest BCUT2D eigenvalue weighted by Gasteiger charge is -2.44. The highest BCUT2D eigenvalue weighted by molar-refractivity contribution is 4.87. The minimum absolute atomic E-state index is 0.719. The van der Waals surface area contributed by atoms with Crippen molar-refractivity contribution in [3.63, 3.8) is 0 Å².